The lowest BCUT2D eigenvalue weighted by molar-refractivity contribution is -0.122. The predicted molar refractivity (Wildman–Crippen MR) is 87.0 cm³/mol. The summed E-state index contributed by atoms with van der Waals surface area (Å²) in [5.41, 5.74) is 10.9. The minimum absolute atomic E-state index is 0.00543. The van der Waals surface area contributed by atoms with Gasteiger partial charge in [-0.05, 0) is 48.9 Å². The van der Waals surface area contributed by atoms with Gasteiger partial charge < -0.3 is 10.8 Å². The van der Waals surface area contributed by atoms with Gasteiger partial charge in [-0.2, -0.15) is 0 Å². The van der Waals surface area contributed by atoms with E-state index < -0.39 is 0 Å². The lowest BCUT2D eigenvalue weighted by Gasteiger charge is -2.27. The average molecular weight is 301 g/mol. The Morgan fingerprint density at radius 2 is 1.91 bits per heavy atom. The number of Topliss-reactive ketones (excluding diaryl/α,β-unsaturated/α-hetero) is 2. The van der Waals surface area contributed by atoms with Crippen molar-refractivity contribution in [1.29, 1.82) is 0 Å². The van der Waals surface area contributed by atoms with Crippen molar-refractivity contribution in [1.82, 2.24) is 0 Å². The lowest BCUT2D eigenvalue weighted by Crippen LogP contribution is -2.24. The molecule has 3 N–H and O–H groups in total. The van der Waals surface area contributed by atoms with Crippen molar-refractivity contribution in [3.63, 3.8) is 0 Å². The quantitative estimate of drug-likeness (QED) is 0.662. The van der Waals surface area contributed by atoms with Crippen LogP contribution in [0.15, 0.2) is 17.4 Å². The smallest absolute Gasteiger partial charge is 0.170 e. The van der Waals surface area contributed by atoms with E-state index in [9.17, 15) is 14.7 Å². The molecule has 22 heavy (non-hydrogen) atoms. The van der Waals surface area contributed by atoms with Gasteiger partial charge in [0.05, 0.1) is 5.57 Å². The maximum atomic E-state index is 12.3. The van der Waals surface area contributed by atoms with Crippen LogP contribution in [-0.4, -0.2) is 16.7 Å². The zero-order valence-corrected chi connectivity index (χ0v) is 13.6. The third kappa shape index (κ3) is 2.65. The van der Waals surface area contributed by atoms with E-state index in [0.29, 0.717) is 6.42 Å². The van der Waals surface area contributed by atoms with Crippen LogP contribution >= 0.6 is 0 Å². The van der Waals surface area contributed by atoms with E-state index in [4.69, 9.17) is 5.73 Å². The fourth-order valence-electron chi connectivity index (χ4n) is 3.44. The molecule has 118 valence electrons. The number of aryl methyl sites for hydroxylation is 2. The molecule has 0 aliphatic heterocycles. The van der Waals surface area contributed by atoms with Crippen molar-refractivity contribution in [2.45, 2.75) is 52.9 Å². The Balaban J connectivity index is 2.47. The van der Waals surface area contributed by atoms with Crippen LogP contribution in [-0.2, 0) is 9.59 Å². The molecule has 1 aliphatic carbocycles. The highest BCUT2D eigenvalue weighted by Gasteiger charge is 2.33. The van der Waals surface area contributed by atoms with Gasteiger partial charge in [0.25, 0.3) is 0 Å². The monoisotopic (exact) mass is 301 g/mol. The highest BCUT2D eigenvalue weighted by Crippen LogP contribution is 2.39. The van der Waals surface area contributed by atoms with Gasteiger partial charge in [-0.25, -0.2) is 0 Å². The second-order valence-corrected chi connectivity index (χ2v) is 6.09. The van der Waals surface area contributed by atoms with Crippen molar-refractivity contribution in [3.8, 4) is 0 Å². The van der Waals surface area contributed by atoms with Crippen LogP contribution in [0.2, 0.25) is 0 Å². The van der Waals surface area contributed by atoms with E-state index in [1.807, 2.05) is 26.8 Å². The van der Waals surface area contributed by atoms with Gasteiger partial charge in [-0.15, -0.1) is 0 Å². The average Bonchev–Trinajstić information content (AvgIpc) is 2.44. The summed E-state index contributed by atoms with van der Waals surface area (Å²) in [7, 11) is 0. The van der Waals surface area contributed by atoms with Gasteiger partial charge in [0, 0.05) is 24.9 Å². The number of rotatable bonds is 3. The highest BCUT2D eigenvalue weighted by atomic mass is 16.3. The zero-order chi connectivity index (χ0) is 16.6. The number of aliphatic hydroxyl groups is 1. The molecule has 0 amide bonds. The molecule has 0 radical (unpaired) electrons. The number of carbonyl (C=O) groups is 2. The Hall–Kier alpha value is -2.10. The normalized spacial score (nSPS) is 18.7. The van der Waals surface area contributed by atoms with Crippen LogP contribution < -0.4 is 5.73 Å². The number of hydrogen-bond donors (Lipinski definition) is 2. The molecule has 0 saturated heterocycles. The molecule has 0 heterocycles. The van der Waals surface area contributed by atoms with Crippen LogP contribution in [0.3, 0.4) is 0 Å². The maximum Gasteiger partial charge on any atom is 0.170 e. The summed E-state index contributed by atoms with van der Waals surface area (Å²) < 4.78 is 0. The minimum Gasteiger partial charge on any atom is -0.511 e. The predicted octanol–water partition coefficient (Wildman–Crippen LogP) is 3.43. The molecule has 1 atom stereocenters. The van der Waals surface area contributed by atoms with Crippen molar-refractivity contribution in [2.75, 3.05) is 5.73 Å². The maximum absolute atomic E-state index is 12.3. The molecule has 0 fully saturated rings. The van der Waals surface area contributed by atoms with Crippen molar-refractivity contribution < 1.29 is 14.7 Å². The Labute approximate surface area is 131 Å². The molecule has 0 spiro atoms. The summed E-state index contributed by atoms with van der Waals surface area (Å²) in [5, 5.41) is 10.2. The molecule has 4 heteroatoms. The second-order valence-electron chi connectivity index (χ2n) is 6.09. The van der Waals surface area contributed by atoms with Crippen molar-refractivity contribution >= 4 is 17.3 Å². The molecule has 2 rings (SSSR count). The Morgan fingerprint density at radius 3 is 2.45 bits per heavy atom. The fourth-order valence-corrected chi connectivity index (χ4v) is 3.44. The molecule has 0 bridgehead atoms. The van der Waals surface area contributed by atoms with Crippen molar-refractivity contribution in [3.05, 3.63) is 39.7 Å². The first kappa shape index (κ1) is 16.3. The van der Waals surface area contributed by atoms with Crippen LogP contribution in [0.1, 0.15) is 54.4 Å². The number of ketones is 2. The van der Waals surface area contributed by atoms with Gasteiger partial charge in [-0.1, -0.05) is 13.0 Å². The molecular weight excluding hydrogens is 278 g/mol. The van der Waals surface area contributed by atoms with E-state index >= 15 is 0 Å². The Morgan fingerprint density at radius 1 is 1.27 bits per heavy atom. The van der Waals surface area contributed by atoms with E-state index in [-0.39, 0.29) is 41.7 Å². The first-order valence-electron chi connectivity index (χ1n) is 7.62. The second kappa shape index (κ2) is 5.95. The van der Waals surface area contributed by atoms with E-state index in [0.717, 1.165) is 27.9 Å². The SMILES string of the molecule is CCC(=O)C1=C(O)CC(c2c(C)cc(C)c(N)c2C)CC1=O. The number of carbonyl (C=O) groups excluding carboxylic acids is 2. The Kier molecular flexibility index (Phi) is 4.40. The number of benzene rings is 1. The van der Waals surface area contributed by atoms with Crippen molar-refractivity contribution in [2.24, 2.45) is 0 Å². The molecule has 0 saturated carbocycles. The molecular formula is C18H23NO3. The number of nitrogens with two attached hydrogens (primary N) is 1. The standard InChI is InChI=1S/C18H23NO3/c1-5-13(20)17-14(21)7-12(8-15(17)22)16-9(2)6-10(3)18(19)11(16)4/h6,12,21H,5,7-8,19H2,1-4H3. The summed E-state index contributed by atoms with van der Waals surface area (Å²) in [6.07, 6.45) is 0.789. The summed E-state index contributed by atoms with van der Waals surface area (Å²) in [5.74, 6) is -0.744. The summed E-state index contributed by atoms with van der Waals surface area (Å²) >= 11 is 0. The number of aliphatic hydroxyl groups excluding tert-OH is 1. The minimum atomic E-state index is -0.280. The zero-order valence-electron chi connectivity index (χ0n) is 13.6. The summed E-state index contributed by atoms with van der Waals surface area (Å²) in [4.78, 5) is 24.1. The largest absolute Gasteiger partial charge is 0.511 e. The van der Waals surface area contributed by atoms with E-state index in [1.54, 1.807) is 6.92 Å². The van der Waals surface area contributed by atoms with Gasteiger partial charge in [0.2, 0.25) is 0 Å². The summed E-state index contributed by atoms with van der Waals surface area (Å²) in [6.45, 7) is 7.59. The molecule has 4 nitrogen and oxygen atoms in total. The molecule has 1 aromatic carbocycles. The molecule has 1 aromatic rings. The highest BCUT2D eigenvalue weighted by molar-refractivity contribution is 6.21. The van der Waals surface area contributed by atoms with E-state index in [1.165, 1.54) is 0 Å². The fraction of sp³-hybridized carbons (Fsp3) is 0.444. The number of nitrogen functional groups attached to an aromatic ring is 1. The van der Waals surface area contributed by atoms with E-state index in [2.05, 4.69) is 0 Å². The van der Waals surface area contributed by atoms with Crippen LogP contribution in [0, 0.1) is 20.8 Å². The Bertz CT molecular complexity index is 686. The van der Waals surface area contributed by atoms with Gasteiger partial charge in [0.15, 0.2) is 11.6 Å². The third-order valence-electron chi connectivity index (χ3n) is 4.54. The van der Waals surface area contributed by atoms with Gasteiger partial charge in [0.1, 0.15) is 5.76 Å². The molecule has 1 unspecified atom stereocenters. The molecule has 0 aromatic heterocycles. The molecule has 1 aliphatic rings. The third-order valence-corrected chi connectivity index (χ3v) is 4.54. The topological polar surface area (TPSA) is 80.4 Å². The first-order chi connectivity index (χ1) is 10.3. The van der Waals surface area contributed by atoms with Crippen LogP contribution in [0.25, 0.3) is 0 Å². The van der Waals surface area contributed by atoms with Crippen LogP contribution in [0.5, 0.6) is 0 Å². The number of allylic oxidation sites excluding steroid dienone is 2. The first-order valence-corrected chi connectivity index (χ1v) is 7.62. The van der Waals surface area contributed by atoms with Crippen LogP contribution in [0.4, 0.5) is 5.69 Å². The number of hydrogen-bond acceptors (Lipinski definition) is 4. The lowest BCUT2D eigenvalue weighted by atomic mass is 9.77. The number of anilines is 1. The van der Waals surface area contributed by atoms with Gasteiger partial charge in [-0.3, -0.25) is 9.59 Å². The summed E-state index contributed by atoms with van der Waals surface area (Å²) in [6, 6.07) is 2.01. The van der Waals surface area contributed by atoms with Gasteiger partial charge >= 0.3 is 0 Å².